The number of hydrogen-bond donors (Lipinski definition) is 2. The molecule has 0 bridgehead atoms. The van der Waals surface area contributed by atoms with Crippen molar-refractivity contribution in [3.63, 3.8) is 0 Å². The number of aliphatic hydroxyl groups is 1. The summed E-state index contributed by atoms with van der Waals surface area (Å²) in [6, 6.07) is 19.1. The highest BCUT2D eigenvalue weighted by Gasteiger charge is 2.26. The number of ketones is 2. The third-order valence-electron chi connectivity index (χ3n) is 5.59. The van der Waals surface area contributed by atoms with E-state index in [1.165, 1.54) is 43.0 Å². The average molecular weight is 557 g/mol. The number of benzene rings is 3. The molecule has 0 aliphatic heterocycles. The van der Waals surface area contributed by atoms with Crippen LogP contribution in [0.3, 0.4) is 0 Å². The van der Waals surface area contributed by atoms with E-state index in [1.54, 1.807) is 48.5 Å². The Bertz CT molecular complexity index is 1430. The second kappa shape index (κ2) is 12.0. The first-order valence-electron chi connectivity index (χ1n) is 11.8. The zero-order chi connectivity index (χ0) is 28.1. The van der Waals surface area contributed by atoms with Crippen molar-refractivity contribution >= 4 is 50.5 Å². The number of halogens is 1. The minimum Gasteiger partial charge on any atom is -0.389 e. The fourth-order valence-electron chi connectivity index (χ4n) is 3.61. The summed E-state index contributed by atoms with van der Waals surface area (Å²) >= 11 is 6.21. The van der Waals surface area contributed by atoms with Crippen LogP contribution in [0.2, 0.25) is 5.02 Å². The van der Waals surface area contributed by atoms with Gasteiger partial charge in [0, 0.05) is 36.2 Å². The lowest BCUT2D eigenvalue weighted by Crippen LogP contribution is -2.38. The van der Waals surface area contributed by atoms with Gasteiger partial charge in [-0.05, 0) is 68.3 Å². The molecule has 0 aliphatic rings. The van der Waals surface area contributed by atoms with E-state index in [0.29, 0.717) is 17.1 Å². The van der Waals surface area contributed by atoms with E-state index in [0.717, 1.165) is 12.5 Å². The molecule has 2 N–H and O–H groups in total. The fourth-order valence-corrected chi connectivity index (χ4v) is 4.98. The molecular formula is C28H29ClN2O6S. The predicted molar refractivity (Wildman–Crippen MR) is 146 cm³/mol. The molecule has 0 saturated heterocycles. The van der Waals surface area contributed by atoms with Crippen molar-refractivity contribution in [2.45, 2.75) is 44.1 Å². The largest absolute Gasteiger partial charge is 0.389 e. The van der Waals surface area contributed by atoms with Crippen molar-refractivity contribution in [3.05, 3.63) is 88.9 Å². The molecule has 10 heteroatoms. The normalized spacial score (nSPS) is 11.7. The average Bonchev–Trinajstić information content (AvgIpc) is 2.87. The molecule has 1 amide bonds. The molecule has 3 rings (SSSR count). The number of para-hydroxylation sites is 1. The molecule has 0 aliphatic carbocycles. The number of carbonyl (C=O) groups excluding carboxylic acids is 3. The van der Waals surface area contributed by atoms with Crippen LogP contribution >= 0.6 is 11.6 Å². The monoisotopic (exact) mass is 556 g/mol. The van der Waals surface area contributed by atoms with Gasteiger partial charge in [0.05, 0.1) is 16.2 Å². The Kier molecular flexibility index (Phi) is 9.22. The number of anilines is 2. The predicted octanol–water partition coefficient (Wildman–Crippen LogP) is 4.46. The van der Waals surface area contributed by atoms with Gasteiger partial charge in [-0.3, -0.25) is 19.3 Å². The Hall–Kier alpha value is -3.37. The van der Waals surface area contributed by atoms with Crippen molar-refractivity contribution < 1.29 is 27.9 Å². The SMILES string of the molecule is CC(=O)C(=O)N(c1ccccc1)c1cc(Cl)ccc1C(=O)CCc1ccc(S(=O)(=O)NCC(C)(C)O)cc1. The van der Waals surface area contributed by atoms with Gasteiger partial charge < -0.3 is 5.11 Å². The number of hydrogen-bond acceptors (Lipinski definition) is 6. The number of amides is 1. The molecule has 0 spiro atoms. The molecule has 0 radical (unpaired) electrons. The van der Waals surface area contributed by atoms with E-state index >= 15 is 0 Å². The zero-order valence-electron chi connectivity index (χ0n) is 21.3. The Morgan fingerprint density at radius 2 is 1.61 bits per heavy atom. The lowest BCUT2D eigenvalue weighted by atomic mass is 10.00. The summed E-state index contributed by atoms with van der Waals surface area (Å²) in [7, 11) is -3.80. The van der Waals surface area contributed by atoms with Gasteiger partial charge in [0.2, 0.25) is 15.8 Å². The molecule has 0 unspecified atom stereocenters. The quantitative estimate of drug-likeness (QED) is 0.266. The van der Waals surface area contributed by atoms with Crippen LogP contribution in [0, 0.1) is 0 Å². The first-order valence-corrected chi connectivity index (χ1v) is 13.7. The van der Waals surface area contributed by atoms with Crippen molar-refractivity contribution in [2.24, 2.45) is 0 Å². The van der Waals surface area contributed by atoms with Crippen LogP contribution in [0.15, 0.2) is 77.7 Å². The molecule has 200 valence electrons. The highest BCUT2D eigenvalue weighted by Crippen LogP contribution is 2.32. The first kappa shape index (κ1) is 29.2. The van der Waals surface area contributed by atoms with E-state index in [-0.39, 0.29) is 34.9 Å². The van der Waals surface area contributed by atoms with Gasteiger partial charge in [0.1, 0.15) is 0 Å². The minimum atomic E-state index is -3.80. The van der Waals surface area contributed by atoms with Crippen LogP contribution in [0.1, 0.15) is 43.1 Å². The topological polar surface area (TPSA) is 121 Å². The van der Waals surface area contributed by atoms with Crippen LogP contribution in [-0.2, 0) is 26.0 Å². The molecule has 0 saturated carbocycles. The van der Waals surface area contributed by atoms with Crippen molar-refractivity contribution in [2.75, 3.05) is 11.4 Å². The lowest BCUT2D eigenvalue weighted by Gasteiger charge is -2.24. The van der Waals surface area contributed by atoms with Crippen molar-refractivity contribution in [1.82, 2.24) is 4.72 Å². The number of sulfonamides is 1. The zero-order valence-corrected chi connectivity index (χ0v) is 22.8. The maximum Gasteiger partial charge on any atom is 0.298 e. The van der Waals surface area contributed by atoms with E-state index in [9.17, 15) is 27.9 Å². The maximum atomic E-state index is 13.3. The van der Waals surface area contributed by atoms with Crippen LogP contribution in [0.25, 0.3) is 0 Å². The second-order valence-electron chi connectivity index (χ2n) is 9.40. The van der Waals surface area contributed by atoms with Crippen molar-refractivity contribution in [3.8, 4) is 0 Å². The molecule has 3 aromatic carbocycles. The van der Waals surface area contributed by atoms with Gasteiger partial charge in [0.25, 0.3) is 5.91 Å². The first-order chi connectivity index (χ1) is 17.8. The summed E-state index contributed by atoms with van der Waals surface area (Å²) in [4.78, 5) is 39.4. The van der Waals surface area contributed by atoms with E-state index < -0.39 is 27.3 Å². The number of Topliss-reactive ketones (excluding diaryl/α,β-unsaturated/α-hetero) is 2. The molecule has 8 nitrogen and oxygen atoms in total. The molecule has 3 aromatic rings. The highest BCUT2D eigenvalue weighted by atomic mass is 35.5. The Morgan fingerprint density at radius 1 is 0.974 bits per heavy atom. The van der Waals surface area contributed by atoms with Crippen LogP contribution in [-0.4, -0.2) is 43.1 Å². The lowest BCUT2D eigenvalue weighted by molar-refractivity contribution is -0.134. The molecular weight excluding hydrogens is 528 g/mol. The summed E-state index contributed by atoms with van der Waals surface area (Å²) in [5.74, 6) is -1.78. The summed E-state index contributed by atoms with van der Waals surface area (Å²) < 4.78 is 27.3. The van der Waals surface area contributed by atoms with Gasteiger partial charge >= 0.3 is 0 Å². The van der Waals surface area contributed by atoms with Gasteiger partial charge in [-0.1, -0.05) is 41.9 Å². The van der Waals surface area contributed by atoms with Gasteiger partial charge in [-0.25, -0.2) is 13.1 Å². The smallest absolute Gasteiger partial charge is 0.298 e. The fraction of sp³-hybridized carbons (Fsp3) is 0.250. The van der Waals surface area contributed by atoms with Gasteiger partial charge in [0.15, 0.2) is 5.78 Å². The van der Waals surface area contributed by atoms with E-state index in [1.807, 2.05) is 0 Å². The highest BCUT2D eigenvalue weighted by molar-refractivity contribution is 7.89. The summed E-state index contributed by atoms with van der Waals surface area (Å²) in [6.45, 7) is 4.02. The second-order valence-corrected chi connectivity index (χ2v) is 11.6. The Labute approximate surface area is 227 Å². The van der Waals surface area contributed by atoms with Crippen LogP contribution in [0.4, 0.5) is 11.4 Å². The molecule has 0 heterocycles. The molecule has 0 aromatic heterocycles. The van der Waals surface area contributed by atoms with Crippen LogP contribution in [0.5, 0.6) is 0 Å². The third kappa shape index (κ3) is 7.58. The number of rotatable bonds is 11. The van der Waals surface area contributed by atoms with Crippen molar-refractivity contribution in [1.29, 1.82) is 0 Å². The Morgan fingerprint density at radius 3 is 2.18 bits per heavy atom. The number of carbonyl (C=O) groups is 3. The van der Waals surface area contributed by atoms with Gasteiger partial charge in [-0.2, -0.15) is 0 Å². The Balaban J connectivity index is 1.82. The summed E-state index contributed by atoms with van der Waals surface area (Å²) in [6.07, 6.45) is 0.374. The summed E-state index contributed by atoms with van der Waals surface area (Å²) in [5, 5.41) is 10.1. The third-order valence-corrected chi connectivity index (χ3v) is 7.24. The molecule has 38 heavy (non-hydrogen) atoms. The van der Waals surface area contributed by atoms with Gasteiger partial charge in [-0.15, -0.1) is 0 Å². The van der Waals surface area contributed by atoms with Crippen LogP contribution < -0.4 is 9.62 Å². The minimum absolute atomic E-state index is 0.0399. The maximum absolute atomic E-state index is 13.3. The summed E-state index contributed by atoms with van der Waals surface area (Å²) in [5.41, 5.74) is 0.379. The number of nitrogens with one attached hydrogen (secondary N) is 1. The molecule has 0 atom stereocenters. The van der Waals surface area contributed by atoms with E-state index in [4.69, 9.17) is 11.6 Å². The van der Waals surface area contributed by atoms with E-state index in [2.05, 4.69) is 4.72 Å². The standard InChI is InChI=1S/C28H29ClN2O6S/c1-19(32)27(34)31(22-7-5-4-6-8-22)25-17-21(29)12-15-24(25)26(33)16-11-20-9-13-23(14-10-20)38(36,37)30-18-28(2,3)35/h4-10,12-15,17,30,35H,11,16,18H2,1-3H3. The number of aryl methyl sites for hydroxylation is 1. The number of nitrogens with zero attached hydrogens (tertiary/aromatic N) is 1. The molecule has 0 fully saturated rings.